The predicted octanol–water partition coefficient (Wildman–Crippen LogP) is 3.52. The Morgan fingerprint density at radius 3 is 2.44 bits per heavy atom. The molecule has 0 aliphatic heterocycles. The lowest BCUT2D eigenvalue weighted by Crippen LogP contribution is -1.90. The fraction of sp³-hybridized carbons (Fsp3) is 0.0833. The summed E-state index contributed by atoms with van der Waals surface area (Å²) in [6.45, 7) is 0. The van der Waals surface area contributed by atoms with Crippen LogP contribution in [0.3, 0.4) is 0 Å². The average molecular weight is 265 g/mol. The van der Waals surface area contributed by atoms with Gasteiger partial charge in [0.25, 0.3) is 5.69 Å². The molecule has 0 radical (unpaired) electrons. The third kappa shape index (κ3) is 2.95. The molecular weight excluding hydrogens is 256 g/mol. The minimum Gasteiger partial charge on any atom is -0.439 e. The van der Waals surface area contributed by atoms with Gasteiger partial charge in [-0.15, -0.1) is 11.6 Å². The number of nitrogens with zero attached hydrogens (tertiary/aromatic N) is 2. The Kier molecular flexibility index (Phi) is 3.74. The molecule has 1 aromatic heterocycles. The molecule has 0 saturated carbocycles. The van der Waals surface area contributed by atoms with Gasteiger partial charge in [-0.3, -0.25) is 10.1 Å². The highest BCUT2D eigenvalue weighted by atomic mass is 35.5. The number of benzene rings is 1. The normalized spacial score (nSPS) is 10.1. The summed E-state index contributed by atoms with van der Waals surface area (Å²) in [7, 11) is 0. The maximum Gasteiger partial charge on any atom is 0.269 e. The van der Waals surface area contributed by atoms with Crippen LogP contribution in [0.1, 0.15) is 5.56 Å². The number of alkyl halides is 1. The molecule has 0 N–H and O–H groups in total. The quantitative estimate of drug-likeness (QED) is 0.481. The predicted molar refractivity (Wildman–Crippen MR) is 67.0 cm³/mol. The fourth-order valence-electron chi connectivity index (χ4n) is 1.31. The topological polar surface area (TPSA) is 65.3 Å². The van der Waals surface area contributed by atoms with E-state index in [9.17, 15) is 10.1 Å². The van der Waals surface area contributed by atoms with Crippen LogP contribution in [0.15, 0.2) is 42.6 Å². The first kappa shape index (κ1) is 12.3. The molecule has 2 rings (SSSR count). The van der Waals surface area contributed by atoms with E-state index < -0.39 is 4.92 Å². The summed E-state index contributed by atoms with van der Waals surface area (Å²) in [5, 5.41) is 10.5. The van der Waals surface area contributed by atoms with Crippen LogP contribution in [0, 0.1) is 10.1 Å². The molecule has 92 valence electrons. The number of nitro groups is 1. The van der Waals surface area contributed by atoms with Gasteiger partial charge in [0.15, 0.2) is 0 Å². The van der Waals surface area contributed by atoms with Crippen LogP contribution < -0.4 is 4.74 Å². The van der Waals surface area contributed by atoms with E-state index in [1.165, 1.54) is 24.3 Å². The molecule has 1 aromatic carbocycles. The van der Waals surface area contributed by atoms with E-state index in [1.807, 2.05) is 0 Å². The van der Waals surface area contributed by atoms with Gasteiger partial charge < -0.3 is 4.74 Å². The summed E-state index contributed by atoms with van der Waals surface area (Å²) in [4.78, 5) is 14.1. The van der Waals surface area contributed by atoms with E-state index in [-0.39, 0.29) is 5.69 Å². The first-order valence-corrected chi connectivity index (χ1v) is 5.65. The highest BCUT2D eigenvalue weighted by molar-refractivity contribution is 6.17. The Hall–Kier alpha value is -2.14. The maximum absolute atomic E-state index is 10.5. The summed E-state index contributed by atoms with van der Waals surface area (Å²) in [5.74, 6) is 1.30. The zero-order valence-electron chi connectivity index (χ0n) is 9.25. The molecule has 0 unspecified atom stereocenters. The van der Waals surface area contributed by atoms with Crippen LogP contribution in [0.4, 0.5) is 5.69 Å². The number of halogens is 1. The largest absolute Gasteiger partial charge is 0.439 e. The van der Waals surface area contributed by atoms with Crippen molar-refractivity contribution >= 4 is 17.3 Å². The van der Waals surface area contributed by atoms with Crippen LogP contribution in [-0.2, 0) is 5.88 Å². The second-order valence-corrected chi connectivity index (χ2v) is 3.76. The number of aromatic nitrogens is 1. The van der Waals surface area contributed by atoms with Crippen LogP contribution in [0.5, 0.6) is 11.6 Å². The van der Waals surface area contributed by atoms with Crippen LogP contribution >= 0.6 is 11.6 Å². The van der Waals surface area contributed by atoms with Crippen molar-refractivity contribution in [3.8, 4) is 11.6 Å². The number of pyridine rings is 1. The van der Waals surface area contributed by atoms with Gasteiger partial charge in [-0.25, -0.2) is 4.98 Å². The van der Waals surface area contributed by atoms with Crippen molar-refractivity contribution in [1.82, 2.24) is 4.98 Å². The molecule has 0 spiro atoms. The van der Waals surface area contributed by atoms with Gasteiger partial charge in [-0.1, -0.05) is 6.07 Å². The average Bonchev–Trinajstić information content (AvgIpc) is 2.40. The highest BCUT2D eigenvalue weighted by Gasteiger charge is 2.05. The van der Waals surface area contributed by atoms with Gasteiger partial charge in [0.2, 0.25) is 5.88 Å². The molecule has 0 aliphatic carbocycles. The minimum absolute atomic E-state index is 0.0211. The number of hydrogen-bond donors (Lipinski definition) is 0. The van der Waals surface area contributed by atoms with E-state index in [4.69, 9.17) is 16.3 Å². The summed E-state index contributed by atoms with van der Waals surface area (Å²) < 4.78 is 5.44. The summed E-state index contributed by atoms with van der Waals surface area (Å²) in [6, 6.07) is 9.30. The van der Waals surface area contributed by atoms with Gasteiger partial charge in [0, 0.05) is 30.3 Å². The Balaban J connectivity index is 2.10. The molecule has 0 amide bonds. The Morgan fingerprint density at radius 2 is 1.94 bits per heavy atom. The third-order valence-corrected chi connectivity index (χ3v) is 2.53. The number of nitro benzene ring substituents is 1. The van der Waals surface area contributed by atoms with Crippen molar-refractivity contribution < 1.29 is 9.66 Å². The maximum atomic E-state index is 10.5. The standard InChI is InChI=1S/C12H9ClN2O3/c13-7-9-1-6-12(14-8-9)18-11-4-2-10(3-5-11)15(16)17/h1-6,8H,7H2. The second kappa shape index (κ2) is 5.46. The van der Waals surface area contributed by atoms with Crippen molar-refractivity contribution in [2.75, 3.05) is 0 Å². The molecule has 1 heterocycles. The van der Waals surface area contributed by atoms with Crippen molar-refractivity contribution in [3.05, 3.63) is 58.3 Å². The molecule has 0 saturated heterocycles. The van der Waals surface area contributed by atoms with Crippen molar-refractivity contribution in [2.24, 2.45) is 0 Å². The Labute approximate surface area is 108 Å². The summed E-state index contributed by atoms with van der Waals surface area (Å²) in [5.41, 5.74) is 0.917. The number of non-ortho nitro benzene ring substituents is 1. The van der Waals surface area contributed by atoms with Gasteiger partial charge in [-0.2, -0.15) is 0 Å². The van der Waals surface area contributed by atoms with Gasteiger partial charge in [0.1, 0.15) is 5.75 Å². The van der Waals surface area contributed by atoms with Crippen LogP contribution in [-0.4, -0.2) is 9.91 Å². The molecule has 18 heavy (non-hydrogen) atoms. The summed E-state index contributed by atoms with van der Waals surface area (Å²) >= 11 is 5.64. The number of hydrogen-bond acceptors (Lipinski definition) is 4. The second-order valence-electron chi connectivity index (χ2n) is 3.49. The molecular formula is C12H9ClN2O3. The molecule has 5 nitrogen and oxygen atoms in total. The van der Waals surface area contributed by atoms with Gasteiger partial charge >= 0.3 is 0 Å². The molecule has 6 heteroatoms. The lowest BCUT2D eigenvalue weighted by Gasteiger charge is -2.04. The monoisotopic (exact) mass is 264 g/mol. The summed E-state index contributed by atoms with van der Waals surface area (Å²) in [6.07, 6.45) is 1.62. The first-order chi connectivity index (χ1) is 8.69. The third-order valence-electron chi connectivity index (χ3n) is 2.22. The molecule has 0 aliphatic rings. The van der Waals surface area contributed by atoms with E-state index >= 15 is 0 Å². The lowest BCUT2D eigenvalue weighted by molar-refractivity contribution is -0.384. The minimum atomic E-state index is -0.461. The smallest absolute Gasteiger partial charge is 0.269 e. The lowest BCUT2D eigenvalue weighted by atomic mass is 10.3. The van der Waals surface area contributed by atoms with E-state index in [0.29, 0.717) is 17.5 Å². The highest BCUT2D eigenvalue weighted by Crippen LogP contribution is 2.22. The van der Waals surface area contributed by atoms with Gasteiger partial charge in [0.05, 0.1) is 4.92 Å². The number of rotatable bonds is 4. The number of ether oxygens (including phenoxy) is 1. The SMILES string of the molecule is O=[N+]([O-])c1ccc(Oc2ccc(CCl)cn2)cc1. The Bertz CT molecular complexity index is 540. The van der Waals surface area contributed by atoms with Crippen molar-refractivity contribution in [1.29, 1.82) is 0 Å². The van der Waals surface area contributed by atoms with E-state index in [2.05, 4.69) is 4.98 Å². The zero-order chi connectivity index (χ0) is 13.0. The van der Waals surface area contributed by atoms with Crippen molar-refractivity contribution in [2.45, 2.75) is 5.88 Å². The zero-order valence-corrected chi connectivity index (χ0v) is 10.0. The van der Waals surface area contributed by atoms with E-state index in [1.54, 1.807) is 18.3 Å². The van der Waals surface area contributed by atoms with Crippen LogP contribution in [0.2, 0.25) is 0 Å². The molecule has 0 atom stereocenters. The molecule has 2 aromatic rings. The van der Waals surface area contributed by atoms with E-state index in [0.717, 1.165) is 5.56 Å². The molecule has 0 bridgehead atoms. The van der Waals surface area contributed by atoms with Crippen molar-refractivity contribution in [3.63, 3.8) is 0 Å². The fourth-order valence-corrected chi connectivity index (χ4v) is 1.47. The van der Waals surface area contributed by atoms with Gasteiger partial charge in [-0.05, 0) is 17.7 Å². The van der Waals surface area contributed by atoms with Crippen LogP contribution in [0.25, 0.3) is 0 Å². The Morgan fingerprint density at radius 1 is 1.22 bits per heavy atom. The molecule has 0 fully saturated rings. The first-order valence-electron chi connectivity index (χ1n) is 5.12.